The van der Waals surface area contributed by atoms with Gasteiger partial charge in [0.05, 0.1) is 0 Å². The molecule has 0 N–H and O–H groups in total. The van der Waals surface area contributed by atoms with Gasteiger partial charge in [0.25, 0.3) is 0 Å². The fourth-order valence-electron chi connectivity index (χ4n) is 2.92. The van der Waals surface area contributed by atoms with E-state index in [0.717, 1.165) is 23.1 Å². The summed E-state index contributed by atoms with van der Waals surface area (Å²) in [6, 6.07) is 17.4. The summed E-state index contributed by atoms with van der Waals surface area (Å²) in [6.45, 7) is 4.26. The molecule has 1 aliphatic carbocycles. The van der Waals surface area contributed by atoms with Gasteiger partial charge in [-0.1, -0.05) is 66.2 Å². The highest BCUT2D eigenvalue weighted by Crippen LogP contribution is 2.35. The van der Waals surface area contributed by atoms with Crippen LogP contribution in [0.2, 0.25) is 0 Å². The maximum absolute atomic E-state index is 12.8. The van der Waals surface area contributed by atoms with Crippen LogP contribution in [-0.2, 0) is 0 Å². The summed E-state index contributed by atoms with van der Waals surface area (Å²) in [6.07, 6.45) is 3.14. The summed E-state index contributed by atoms with van der Waals surface area (Å²) in [7, 11) is 0. The number of carbonyl (C=O) groups is 1. The molecule has 1 nitrogen and oxygen atoms in total. The molecule has 0 bridgehead atoms. The molecule has 0 aliphatic heterocycles. The zero-order chi connectivity index (χ0) is 14.8. The zero-order valence-corrected chi connectivity index (χ0v) is 12.4. The standard InChI is InChI=1S/C20H18O/c1-14-12-15(2)19(13-14)17-10-6-7-11-18(17)20(21)16-8-4-3-5-9-16/h3-12H,13H2,1-2H3. The van der Waals surface area contributed by atoms with Crippen molar-refractivity contribution in [1.82, 2.24) is 0 Å². The Morgan fingerprint density at radius 2 is 1.57 bits per heavy atom. The zero-order valence-electron chi connectivity index (χ0n) is 12.4. The van der Waals surface area contributed by atoms with Crippen LogP contribution in [0, 0.1) is 0 Å². The SMILES string of the molecule is CC1=CC(C)=C(c2ccccc2C(=O)c2ccccc2)C1. The van der Waals surface area contributed by atoms with Gasteiger partial charge in [-0.2, -0.15) is 0 Å². The maximum Gasteiger partial charge on any atom is 0.193 e. The van der Waals surface area contributed by atoms with Crippen molar-refractivity contribution in [3.05, 3.63) is 88.5 Å². The van der Waals surface area contributed by atoms with Crippen LogP contribution in [-0.4, -0.2) is 5.78 Å². The summed E-state index contributed by atoms with van der Waals surface area (Å²) in [5, 5.41) is 0. The van der Waals surface area contributed by atoms with Gasteiger partial charge in [0.2, 0.25) is 0 Å². The molecule has 0 spiro atoms. The highest BCUT2D eigenvalue weighted by atomic mass is 16.1. The van der Waals surface area contributed by atoms with Gasteiger partial charge in [-0.05, 0) is 37.0 Å². The van der Waals surface area contributed by atoms with E-state index in [4.69, 9.17) is 0 Å². The minimum atomic E-state index is 0.0936. The molecule has 2 aromatic rings. The predicted octanol–water partition coefficient (Wildman–Crippen LogP) is 5.04. The lowest BCUT2D eigenvalue weighted by Gasteiger charge is -2.11. The lowest BCUT2D eigenvalue weighted by Crippen LogP contribution is -2.05. The Kier molecular flexibility index (Phi) is 3.57. The Hall–Kier alpha value is -2.41. The normalized spacial score (nSPS) is 14.3. The van der Waals surface area contributed by atoms with E-state index in [9.17, 15) is 4.79 Å². The summed E-state index contributed by atoms with van der Waals surface area (Å²) in [4.78, 5) is 12.8. The van der Waals surface area contributed by atoms with E-state index in [0.29, 0.717) is 0 Å². The van der Waals surface area contributed by atoms with Gasteiger partial charge < -0.3 is 0 Å². The van der Waals surface area contributed by atoms with E-state index in [1.165, 1.54) is 16.7 Å². The first-order valence-electron chi connectivity index (χ1n) is 7.23. The monoisotopic (exact) mass is 274 g/mol. The molecular weight excluding hydrogens is 256 g/mol. The van der Waals surface area contributed by atoms with Crippen molar-refractivity contribution in [2.75, 3.05) is 0 Å². The molecule has 0 unspecified atom stereocenters. The first-order valence-corrected chi connectivity index (χ1v) is 7.23. The van der Waals surface area contributed by atoms with Crippen LogP contribution in [0.3, 0.4) is 0 Å². The van der Waals surface area contributed by atoms with E-state index in [2.05, 4.69) is 26.0 Å². The third-order valence-corrected chi connectivity index (χ3v) is 3.93. The second-order valence-electron chi connectivity index (χ2n) is 5.57. The molecule has 0 saturated carbocycles. The number of carbonyl (C=O) groups excluding carboxylic acids is 1. The van der Waals surface area contributed by atoms with Crippen LogP contribution in [0.1, 0.15) is 41.8 Å². The second kappa shape index (κ2) is 5.53. The predicted molar refractivity (Wildman–Crippen MR) is 87.3 cm³/mol. The van der Waals surface area contributed by atoms with Crippen molar-refractivity contribution in [3.8, 4) is 0 Å². The van der Waals surface area contributed by atoms with Crippen molar-refractivity contribution < 1.29 is 4.79 Å². The van der Waals surface area contributed by atoms with Gasteiger partial charge in [0.1, 0.15) is 0 Å². The average Bonchev–Trinajstić information content (AvgIpc) is 2.86. The molecule has 21 heavy (non-hydrogen) atoms. The van der Waals surface area contributed by atoms with Crippen LogP contribution in [0.25, 0.3) is 5.57 Å². The summed E-state index contributed by atoms with van der Waals surface area (Å²) < 4.78 is 0. The second-order valence-corrected chi connectivity index (χ2v) is 5.57. The van der Waals surface area contributed by atoms with Crippen LogP contribution in [0.4, 0.5) is 0 Å². The number of hydrogen-bond donors (Lipinski definition) is 0. The topological polar surface area (TPSA) is 17.1 Å². The molecular formula is C20H18O. The Bertz CT molecular complexity index is 748. The Balaban J connectivity index is 2.06. The van der Waals surface area contributed by atoms with E-state index in [-0.39, 0.29) is 5.78 Å². The van der Waals surface area contributed by atoms with Crippen molar-refractivity contribution in [3.63, 3.8) is 0 Å². The minimum absolute atomic E-state index is 0.0936. The molecule has 0 fully saturated rings. The number of hydrogen-bond acceptors (Lipinski definition) is 1. The lowest BCUT2D eigenvalue weighted by molar-refractivity contribution is 0.103. The van der Waals surface area contributed by atoms with Crippen molar-refractivity contribution in [1.29, 1.82) is 0 Å². The van der Waals surface area contributed by atoms with E-state index < -0.39 is 0 Å². The molecule has 0 aromatic heterocycles. The van der Waals surface area contributed by atoms with Crippen molar-refractivity contribution in [2.45, 2.75) is 20.3 Å². The highest BCUT2D eigenvalue weighted by Gasteiger charge is 2.19. The minimum Gasteiger partial charge on any atom is -0.289 e. The molecule has 1 heteroatoms. The molecule has 2 aromatic carbocycles. The highest BCUT2D eigenvalue weighted by molar-refractivity contribution is 6.12. The van der Waals surface area contributed by atoms with Crippen LogP contribution < -0.4 is 0 Å². The van der Waals surface area contributed by atoms with Crippen molar-refractivity contribution >= 4 is 11.4 Å². The van der Waals surface area contributed by atoms with Gasteiger partial charge in [-0.15, -0.1) is 0 Å². The van der Waals surface area contributed by atoms with E-state index in [1.54, 1.807) is 0 Å². The van der Waals surface area contributed by atoms with E-state index in [1.807, 2.05) is 48.5 Å². The average molecular weight is 274 g/mol. The molecule has 104 valence electrons. The molecule has 1 aliphatic rings. The quantitative estimate of drug-likeness (QED) is 0.716. The molecule has 0 radical (unpaired) electrons. The van der Waals surface area contributed by atoms with Gasteiger partial charge >= 0.3 is 0 Å². The summed E-state index contributed by atoms with van der Waals surface area (Å²) >= 11 is 0. The number of benzene rings is 2. The van der Waals surface area contributed by atoms with Gasteiger partial charge in [0, 0.05) is 11.1 Å². The molecule has 0 atom stereocenters. The molecule has 3 rings (SSSR count). The first-order chi connectivity index (χ1) is 10.2. The Morgan fingerprint density at radius 1 is 0.905 bits per heavy atom. The third-order valence-electron chi connectivity index (χ3n) is 3.93. The van der Waals surface area contributed by atoms with Gasteiger partial charge in [0.15, 0.2) is 5.78 Å². The lowest BCUT2D eigenvalue weighted by atomic mass is 9.91. The molecule has 0 amide bonds. The largest absolute Gasteiger partial charge is 0.289 e. The first kappa shape index (κ1) is 13.6. The summed E-state index contributed by atoms with van der Waals surface area (Å²) in [5.74, 6) is 0.0936. The number of rotatable bonds is 3. The summed E-state index contributed by atoms with van der Waals surface area (Å²) in [5.41, 5.74) is 6.49. The Morgan fingerprint density at radius 3 is 2.24 bits per heavy atom. The van der Waals surface area contributed by atoms with Crippen LogP contribution >= 0.6 is 0 Å². The smallest absolute Gasteiger partial charge is 0.193 e. The number of allylic oxidation sites excluding steroid dienone is 4. The van der Waals surface area contributed by atoms with E-state index >= 15 is 0 Å². The van der Waals surface area contributed by atoms with Crippen molar-refractivity contribution in [2.24, 2.45) is 0 Å². The Labute approximate surface area is 125 Å². The maximum atomic E-state index is 12.8. The third kappa shape index (κ3) is 2.59. The van der Waals surface area contributed by atoms with Gasteiger partial charge in [-0.3, -0.25) is 4.79 Å². The molecule has 0 saturated heterocycles. The van der Waals surface area contributed by atoms with Crippen LogP contribution in [0.15, 0.2) is 71.8 Å². The van der Waals surface area contributed by atoms with Gasteiger partial charge in [-0.25, -0.2) is 0 Å². The van der Waals surface area contributed by atoms with Crippen LogP contribution in [0.5, 0.6) is 0 Å². The molecule has 0 heterocycles. The fraction of sp³-hybridized carbons (Fsp3) is 0.150. The fourth-order valence-corrected chi connectivity index (χ4v) is 2.92. The number of ketones is 1.